The Labute approximate surface area is 112 Å². The highest BCUT2D eigenvalue weighted by atomic mass is 35.5. The minimum absolute atomic E-state index is 0.0388. The van der Waals surface area contributed by atoms with Crippen LogP contribution in [-0.2, 0) is 6.42 Å². The molecule has 0 saturated heterocycles. The molecule has 2 rings (SSSR count). The van der Waals surface area contributed by atoms with Crippen molar-refractivity contribution in [2.75, 3.05) is 0 Å². The van der Waals surface area contributed by atoms with E-state index in [1.807, 2.05) is 0 Å². The van der Waals surface area contributed by atoms with Crippen LogP contribution in [0, 0.1) is 17.6 Å². The first-order chi connectivity index (χ1) is 8.66. The Bertz CT molecular complexity index is 384. The second-order valence-corrected chi connectivity index (χ2v) is 5.77. The first kappa shape index (κ1) is 13.8. The standard InChI is InChI=1S/C15H19ClF2/c16-14(11-5-3-1-2-4-6-11)9-12-7-8-13(17)10-15(12)18/h7-8,10-11,14H,1-6,9H2. The molecule has 0 spiro atoms. The van der Waals surface area contributed by atoms with Crippen LogP contribution in [0.2, 0.25) is 0 Å². The van der Waals surface area contributed by atoms with Gasteiger partial charge in [0.1, 0.15) is 11.6 Å². The van der Waals surface area contributed by atoms with E-state index in [9.17, 15) is 8.78 Å². The maximum Gasteiger partial charge on any atom is 0.129 e. The highest BCUT2D eigenvalue weighted by molar-refractivity contribution is 6.20. The zero-order valence-corrected chi connectivity index (χ0v) is 11.2. The van der Waals surface area contributed by atoms with Crippen LogP contribution in [0.3, 0.4) is 0 Å². The lowest BCUT2D eigenvalue weighted by Gasteiger charge is -2.20. The topological polar surface area (TPSA) is 0 Å². The van der Waals surface area contributed by atoms with E-state index in [0.717, 1.165) is 18.9 Å². The van der Waals surface area contributed by atoms with Gasteiger partial charge in [0, 0.05) is 11.4 Å². The molecule has 0 aromatic heterocycles. The fourth-order valence-electron chi connectivity index (χ4n) is 2.74. The van der Waals surface area contributed by atoms with Crippen LogP contribution in [0.1, 0.15) is 44.1 Å². The smallest absolute Gasteiger partial charge is 0.129 e. The molecular formula is C15H19ClF2. The van der Waals surface area contributed by atoms with Gasteiger partial charge in [0.05, 0.1) is 0 Å². The third kappa shape index (κ3) is 3.68. The lowest BCUT2D eigenvalue weighted by molar-refractivity contribution is 0.431. The molecule has 1 aliphatic carbocycles. The van der Waals surface area contributed by atoms with Crippen molar-refractivity contribution in [2.45, 2.75) is 50.3 Å². The van der Waals surface area contributed by atoms with E-state index in [2.05, 4.69) is 0 Å². The zero-order chi connectivity index (χ0) is 13.0. The molecule has 1 atom stereocenters. The van der Waals surface area contributed by atoms with Gasteiger partial charge < -0.3 is 0 Å². The fourth-order valence-corrected chi connectivity index (χ4v) is 3.15. The molecule has 1 aromatic rings. The van der Waals surface area contributed by atoms with Crippen LogP contribution >= 0.6 is 11.6 Å². The summed E-state index contributed by atoms with van der Waals surface area (Å²) < 4.78 is 26.4. The molecule has 18 heavy (non-hydrogen) atoms. The summed E-state index contributed by atoms with van der Waals surface area (Å²) in [5, 5.41) is -0.0388. The Morgan fingerprint density at radius 1 is 1.11 bits per heavy atom. The molecule has 0 amide bonds. The van der Waals surface area contributed by atoms with Crippen LogP contribution < -0.4 is 0 Å². The van der Waals surface area contributed by atoms with Crippen LogP contribution in [0.4, 0.5) is 8.78 Å². The molecule has 0 radical (unpaired) electrons. The van der Waals surface area contributed by atoms with Crippen molar-refractivity contribution in [3.63, 3.8) is 0 Å². The normalized spacial score (nSPS) is 19.5. The fraction of sp³-hybridized carbons (Fsp3) is 0.600. The van der Waals surface area contributed by atoms with Crippen molar-refractivity contribution >= 4 is 11.6 Å². The zero-order valence-electron chi connectivity index (χ0n) is 10.5. The maximum absolute atomic E-state index is 13.6. The van der Waals surface area contributed by atoms with E-state index in [-0.39, 0.29) is 5.38 Å². The summed E-state index contributed by atoms with van der Waals surface area (Å²) in [5.74, 6) is -0.537. The van der Waals surface area contributed by atoms with Gasteiger partial charge in [0.25, 0.3) is 0 Å². The van der Waals surface area contributed by atoms with Gasteiger partial charge in [0.2, 0.25) is 0 Å². The molecule has 1 fully saturated rings. The molecule has 0 aliphatic heterocycles. The molecule has 1 saturated carbocycles. The first-order valence-corrected chi connectivity index (χ1v) is 7.18. The van der Waals surface area contributed by atoms with Crippen LogP contribution in [0.25, 0.3) is 0 Å². The molecule has 1 aromatic carbocycles. The van der Waals surface area contributed by atoms with Gasteiger partial charge in [-0.05, 0) is 36.8 Å². The molecule has 0 heterocycles. The van der Waals surface area contributed by atoms with Crippen LogP contribution in [-0.4, -0.2) is 5.38 Å². The van der Waals surface area contributed by atoms with Gasteiger partial charge in [-0.2, -0.15) is 0 Å². The number of alkyl halides is 1. The van der Waals surface area contributed by atoms with Gasteiger partial charge in [-0.25, -0.2) is 8.78 Å². The molecule has 3 heteroatoms. The van der Waals surface area contributed by atoms with E-state index < -0.39 is 11.6 Å². The van der Waals surface area contributed by atoms with Crippen molar-refractivity contribution in [3.05, 3.63) is 35.4 Å². The van der Waals surface area contributed by atoms with E-state index in [0.29, 0.717) is 17.9 Å². The lowest BCUT2D eigenvalue weighted by atomic mass is 9.92. The highest BCUT2D eigenvalue weighted by Gasteiger charge is 2.22. The Hall–Kier alpha value is -0.630. The monoisotopic (exact) mass is 272 g/mol. The van der Waals surface area contributed by atoms with E-state index in [4.69, 9.17) is 11.6 Å². The Balaban J connectivity index is 1.98. The molecule has 0 nitrogen and oxygen atoms in total. The van der Waals surface area contributed by atoms with Crippen LogP contribution in [0.5, 0.6) is 0 Å². The molecular weight excluding hydrogens is 254 g/mol. The highest BCUT2D eigenvalue weighted by Crippen LogP contribution is 2.30. The summed E-state index contributed by atoms with van der Waals surface area (Å²) in [6.07, 6.45) is 7.78. The largest absolute Gasteiger partial charge is 0.207 e. The van der Waals surface area contributed by atoms with Gasteiger partial charge in [-0.1, -0.05) is 31.7 Å². The first-order valence-electron chi connectivity index (χ1n) is 6.75. The predicted molar refractivity (Wildman–Crippen MR) is 70.9 cm³/mol. The number of hydrogen-bond acceptors (Lipinski definition) is 0. The molecule has 1 aliphatic rings. The summed E-state index contributed by atoms with van der Waals surface area (Å²) in [6.45, 7) is 0. The van der Waals surface area contributed by atoms with E-state index >= 15 is 0 Å². The Kier molecular flexibility index (Phi) is 4.99. The summed E-state index contributed by atoms with van der Waals surface area (Å²) >= 11 is 6.42. The molecule has 1 unspecified atom stereocenters. The SMILES string of the molecule is Fc1ccc(CC(Cl)C2CCCCCC2)c(F)c1. The van der Waals surface area contributed by atoms with Gasteiger partial charge in [-0.15, -0.1) is 11.6 Å². The Morgan fingerprint density at radius 2 is 1.78 bits per heavy atom. The van der Waals surface area contributed by atoms with E-state index in [1.54, 1.807) is 0 Å². The third-order valence-corrected chi connectivity index (χ3v) is 4.35. The average molecular weight is 273 g/mol. The second-order valence-electron chi connectivity index (χ2n) is 5.21. The quantitative estimate of drug-likeness (QED) is 0.531. The summed E-state index contributed by atoms with van der Waals surface area (Å²) in [7, 11) is 0. The van der Waals surface area contributed by atoms with Crippen molar-refractivity contribution in [2.24, 2.45) is 5.92 Å². The number of hydrogen-bond donors (Lipinski definition) is 0. The van der Waals surface area contributed by atoms with E-state index in [1.165, 1.54) is 37.8 Å². The summed E-state index contributed by atoms with van der Waals surface area (Å²) in [4.78, 5) is 0. The van der Waals surface area contributed by atoms with Crippen molar-refractivity contribution in [1.29, 1.82) is 0 Å². The van der Waals surface area contributed by atoms with Gasteiger partial charge in [0.15, 0.2) is 0 Å². The number of benzene rings is 1. The summed E-state index contributed by atoms with van der Waals surface area (Å²) in [5.41, 5.74) is 0.528. The molecule has 0 bridgehead atoms. The van der Waals surface area contributed by atoms with Crippen LogP contribution in [0.15, 0.2) is 18.2 Å². The molecule has 100 valence electrons. The minimum atomic E-state index is -0.531. The minimum Gasteiger partial charge on any atom is -0.207 e. The van der Waals surface area contributed by atoms with Gasteiger partial charge >= 0.3 is 0 Å². The predicted octanol–water partition coefficient (Wildman–Crippen LogP) is 5.09. The third-order valence-electron chi connectivity index (χ3n) is 3.84. The number of rotatable bonds is 3. The second kappa shape index (κ2) is 6.51. The van der Waals surface area contributed by atoms with Crippen molar-refractivity contribution in [1.82, 2.24) is 0 Å². The van der Waals surface area contributed by atoms with Crippen molar-refractivity contribution in [3.8, 4) is 0 Å². The summed E-state index contributed by atoms with van der Waals surface area (Å²) in [6, 6.07) is 3.75. The van der Waals surface area contributed by atoms with Gasteiger partial charge in [-0.3, -0.25) is 0 Å². The maximum atomic E-state index is 13.6. The van der Waals surface area contributed by atoms with Crippen molar-refractivity contribution < 1.29 is 8.78 Å². The average Bonchev–Trinajstić information content (AvgIpc) is 2.61. The lowest BCUT2D eigenvalue weighted by Crippen LogP contribution is -2.17. The Morgan fingerprint density at radius 3 is 2.39 bits per heavy atom. The number of halogens is 3. The molecule has 0 N–H and O–H groups in total.